The monoisotopic (exact) mass is 506 g/mol. The second kappa shape index (κ2) is 14.9. The van der Waals surface area contributed by atoms with Crippen molar-refractivity contribution in [3.05, 3.63) is 107 Å². The molecule has 0 unspecified atom stereocenters. The van der Waals surface area contributed by atoms with Gasteiger partial charge in [-0.3, -0.25) is 4.79 Å². The van der Waals surface area contributed by atoms with E-state index in [0.29, 0.717) is 18.0 Å². The Bertz CT molecular complexity index is 927. The van der Waals surface area contributed by atoms with Crippen LogP contribution in [0.5, 0.6) is 0 Å². The third-order valence-electron chi connectivity index (χ3n) is 6.37. The predicted molar refractivity (Wildman–Crippen MR) is 125 cm³/mol. The highest BCUT2D eigenvalue weighted by Gasteiger charge is 2.31. The number of piperazine rings is 1. The minimum Gasteiger partial charge on any atom is -1.00 e. The molecule has 1 aliphatic heterocycles. The van der Waals surface area contributed by atoms with E-state index in [1.54, 1.807) is 21.9 Å². The summed E-state index contributed by atoms with van der Waals surface area (Å²) in [6.07, 6.45) is 1.41. The lowest BCUT2D eigenvalue weighted by molar-refractivity contribution is -1.02. The van der Waals surface area contributed by atoms with Gasteiger partial charge in [-0.15, -0.1) is 0 Å². The van der Waals surface area contributed by atoms with E-state index in [0.717, 1.165) is 39.1 Å². The van der Waals surface area contributed by atoms with Gasteiger partial charge in [-0.1, -0.05) is 60.7 Å². The van der Waals surface area contributed by atoms with E-state index in [1.807, 2.05) is 0 Å². The molecule has 1 heterocycles. The number of rotatable bonds is 8. The molecular formula is C27H33Cl2FN2O2. The molecule has 0 amide bonds. The van der Waals surface area contributed by atoms with Crippen LogP contribution in [-0.4, -0.2) is 44.0 Å². The second-order valence-corrected chi connectivity index (χ2v) is 8.45. The number of quaternary nitrogens is 2. The molecule has 0 saturated carbocycles. The van der Waals surface area contributed by atoms with Crippen molar-refractivity contribution in [1.82, 2.24) is 0 Å². The van der Waals surface area contributed by atoms with E-state index in [2.05, 4.69) is 60.7 Å². The van der Waals surface area contributed by atoms with Crippen molar-refractivity contribution < 1.29 is 49.3 Å². The van der Waals surface area contributed by atoms with Gasteiger partial charge < -0.3 is 40.1 Å². The van der Waals surface area contributed by atoms with Crippen molar-refractivity contribution in [3.63, 3.8) is 0 Å². The first kappa shape index (κ1) is 29.8. The molecule has 1 aliphatic rings. The van der Waals surface area contributed by atoms with Crippen molar-refractivity contribution in [2.24, 2.45) is 0 Å². The Kier molecular flexibility index (Phi) is 13.0. The number of Topliss-reactive ketones (excluding diaryl/α,β-unsaturated/α-hetero) is 1. The van der Waals surface area contributed by atoms with Crippen molar-refractivity contribution in [3.8, 4) is 0 Å². The van der Waals surface area contributed by atoms with Gasteiger partial charge in [-0.05, 0) is 24.3 Å². The molecular weight excluding hydrogens is 474 g/mol. The normalized spacial score (nSPS) is 17.1. The minimum atomic E-state index is -0.300. The molecule has 0 aliphatic carbocycles. The lowest BCUT2D eigenvalue weighted by Gasteiger charge is -2.35. The highest BCUT2D eigenvalue weighted by atomic mass is 35.5. The van der Waals surface area contributed by atoms with Crippen molar-refractivity contribution in [2.75, 3.05) is 32.7 Å². The molecule has 4 rings (SSSR count). The molecule has 1 saturated heterocycles. The van der Waals surface area contributed by atoms with E-state index in [9.17, 15) is 9.18 Å². The van der Waals surface area contributed by atoms with Crippen molar-refractivity contribution in [2.45, 2.75) is 18.9 Å². The molecule has 0 radical (unpaired) electrons. The summed E-state index contributed by atoms with van der Waals surface area (Å²) in [5, 5.41) is 0. The van der Waals surface area contributed by atoms with E-state index >= 15 is 0 Å². The molecule has 0 atom stereocenters. The zero-order chi connectivity index (χ0) is 21.5. The Morgan fingerprint density at radius 1 is 0.765 bits per heavy atom. The minimum absolute atomic E-state index is 0. The van der Waals surface area contributed by atoms with Crippen LogP contribution in [-0.2, 0) is 0 Å². The Balaban J connectivity index is 0.00000193. The quantitative estimate of drug-likeness (QED) is 0.297. The first-order valence-corrected chi connectivity index (χ1v) is 11.3. The number of hydrogen-bond acceptors (Lipinski definition) is 1. The van der Waals surface area contributed by atoms with Crippen LogP contribution in [0.4, 0.5) is 4.39 Å². The highest BCUT2D eigenvalue weighted by molar-refractivity contribution is 5.95. The fraction of sp³-hybridized carbons (Fsp3) is 0.296. The maximum Gasteiger partial charge on any atom is 0.163 e. The summed E-state index contributed by atoms with van der Waals surface area (Å²) in [6, 6.07) is 27.9. The van der Waals surface area contributed by atoms with Gasteiger partial charge in [-0.2, -0.15) is 0 Å². The fourth-order valence-electron chi connectivity index (χ4n) is 4.70. The van der Waals surface area contributed by atoms with Gasteiger partial charge in [0.1, 0.15) is 38.0 Å². The van der Waals surface area contributed by atoms with Gasteiger partial charge in [-0.25, -0.2) is 4.39 Å². The van der Waals surface area contributed by atoms with E-state index in [1.165, 1.54) is 23.3 Å². The average Bonchev–Trinajstić information content (AvgIpc) is 2.82. The summed E-state index contributed by atoms with van der Waals surface area (Å²) in [5.41, 5.74) is 3.35. The SMILES string of the molecule is O.O=C(CCC[NH+]1CC[NH+](C(c2ccccc2)c2ccccc2)CC1)c1ccc(F)cc1.[Cl-].[Cl-]. The van der Waals surface area contributed by atoms with Crippen LogP contribution >= 0.6 is 0 Å². The number of ketones is 1. The second-order valence-electron chi connectivity index (χ2n) is 8.45. The number of carbonyl (C=O) groups is 1. The molecule has 0 spiro atoms. The van der Waals surface area contributed by atoms with Gasteiger partial charge >= 0.3 is 0 Å². The maximum atomic E-state index is 13.0. The lowest BCUT2D eigenvalue weighted by Crippen LogP contribution is -3.28. The molecule has 1 fully saturated rings. The lowest BCUT2D eigenvalue weighted by atomic mass is 9.96. The van der Waals surface area contributed by atoms with Crippen LogP contribution < -0.4 is 34.6 Å². The predicted octanol–water partition coefficient (Wildman–Crippen LogP) is -4.46. The van der Waals surface area contributed by atoms with E-state index in [4.69, 9.17) is 0 Å². The van der Waals surface area contributed by atoms with Crippen molar-refractivity contribution in [1.29, 1.82) is 0 Å². The fourth-order valence-corrected chi connectivity index (χ4v) is 4.70. The summed E-state index contributed by atoms with van der Waals surface area (Å²) in [4.78, 5) is 15.5. The molecule has 0 aromatic heterocycles. The molecule has 4 nitrogen and oxygen atoms in total. The summed E-state index contributed by atoms with van der Waals surface area (Å²) in [6.45, 7) is 5.50. The third-order valence-corrected chi connectivity index (χ3v) is 6.37. The van der Waals surface area contributed by atoms with E-state index < -0.39 is 0 Å². The van der Waals surface area contributed by atoms with Gasteiger partial charge in [0.15, 0.2) is 5.78 Å². The average molecular weight is 507 g/mol. The zero-order valence-electron chi connectivity index (χ0n) is 19.2. The molecule has 0 bridgehead atoms. The van der Waals surface area contributed by atoms with Crippen LogP contribution in [0, 0.1) is 5.82 Å². The smallest absolute Gasteiger partial charge is 0.163 e. The van der Waals surface area contributed by atoms with E-state index in [-0.39, 0.29) is 41.9 Å². The number of hydrogen-bond donors (Lipinski definition) is 2. The Morgan fingerprint density at radius 3 is 1.76 bits per heavy atom. The first-order valence-electron chi connectivity index (χ1n) is 11.3. The Hall–Kier alpha value is -2.28. The maximum absolute atomic E-state index is 13.0. The summed E-state index contributed by atoms with van der Waals surface area (Å²) in [7, 11) is 0. The standard InChI is InChI=1S/C27H29FN2O.2ClH.H2O/c28-25-15-13-22(14-16-25)26(31)12-7-17-29-18-20-30(21-19-29)27(23-8-3-1-4-9-23)24-10-5-2-6-11-24;;;/h1-6,8-11,13-16,27H,7,12,17-21H2;2*1H;1H2. The molecule has 3 aromatic carbocycles. The summed E-state index contributed by atoms with van der Waals surface area (Å²) in [5.74, 6) is -0.192. The molecule has 4 N–H and O–H groups in total. The summed E-state index contributed by atoms with van der Waals surface area (Å²) >= 11 is 0. The number of benzene rings is 3. The molecule has 3 aromatic rings. The van der Waals surface area contributed by atoms with Gasteiger partial charge in [0.2, 0.25) is 0 Å². The Labute approximate surface area is 213 Å². The van der Waals surface area contributed by atoms with Crippen molar-refractivity contribution >= 4 is 5.78 Å². The summed E-state index contributed by atoms with van der Waals surface area (Å²) < 4.78 is 13.0. The van der Waals surface area contributed by atoms with Gasteiger partial charge in [0.05, 0.1) is 6.54 Å². The number of nitrogens with one attached hydrogen (secondary N) is 2. The molecule has 184 valence electrons. The number of halogens is 3. The highest BCUT2D eigenvalue weighted by Crippen LogP contribution is 2.18. The van der Waals surface area contributed by atoms with Crippen LogP contribution in [0.3, 0.4) is 0 Å². The molecule has 34 heavy (non-hydrogen) atoms. The Morgan fingerprint density at radius 2 is 1.26 bits per heavy atom. The zero-order valence-corrected chi connectivity index (χ0v) is 20.7. The number of carbonyl (C=O) groups excluding carboxylic acids is 1. The first-order chi connectivity index (χ1) is 15.2. The largest absolute Gasteiger partial charge is 1.00 e. The van der Waals surface area contributed by atoms with Crippen LogP contribution in [0.25, 0.3) is 0 Å². The topological polar surface area (TPSA) is 57.4 Å². The molecule has 7 heteroatoms. The van der Waals surface area contributed by atoms with Gasteiger partial charge in [0, 0.05) is 29.5 Å². The third kappa shape index (κ3) is 7.90. The van der Waals surface area contributed by atoms with Crippen LogP contribution in [0.15, 0.2) is 84.9 Å². The van der Waals surface area contributed by atoms with Gasteiger partial charge in [0.25, 0.3) is 0 Å². The van der Waals surface area contributed by atoms with Crippen LogP contribution in [0.2, 0.25) is 0 Å². The van der Waals surface area contributed by atoms with Crippen LogP contribution in [0.1, 0.15) is 40.4 Å².